The summed E-state index contributed by atoms with van der Waals surface area (Å²) in [4.78, 5) is 8.35. The average molecular weight is 338 g/mol. The molecule has 2 atom stereocenters. The van der Waals surface area contributed by atoms with Crippen LogP contribution in [-0.4, -0.2) is 59.3 Å². The Labute approximate surface area is 136 Å². The van der Waals surface area contributed by atoms with Crippen LogP contribution in [0.1, 0.15) is 32.1 Å². The Hall–Kier alpha value is -1.25. The van der Waals surface area contributed by atoms with Gasteiger partial charge in [-0.05, 0) is 31.7 Å². The normalized spacial score (nSPS) is 32.3. The standard InChI is InChI=1S/C15H22N4O3S/c20-23(21,13-3-4-13)19-8-1-5-15(11-19)9-12(10-22-15)18-14-16-6-2-7-17-14/h2,6-7,12-13H,1,3-5,8-11H2,(H,16,17,18)/t12-,15+/m1/s1. The summed E-state index contributed by atoms with van der Waals surface area (Å²) < 4.78 is 32.7. The molecule has 1 saturated carbocycles. The summed E-state index contributed by atoms with van der Waals surface area (Å²) in [6.45, 7) is 1.68. The zero-order valence-electron chi connectivity index (χ0n) is 13.0. The van der Waals surface area contributed by atoms with Crippen molar-refractivity contribution in [3.63, 3.8) is 0 Å². The van der Waals surface area contributed by atoms with E-state index in [-0.39, 0.29) is 16.9 Å². The highest BCUT2D eigenvalue weighted by Gasteiger charge is 2.49. The van der Waals surface area contributed by atoms with Gasteiger partial charge in [-0.15, -0.1) is 0 Å². The van der Waals surface area contributed by atoms with E-state index in [0.29, 0.717) is 25.6 Å². The Morgan fingerprint density at radius 3 is 2.83 bits per heavy atom. The van der Waals surface area contributed by atoms with Crippen molar-refractivity contribution in [1.29, 1.82) is 0 Å². The third-order valence-electron chi connectivity index (χ3n) is 4.92. The highest BCUT2D eigenvalue weighted by molar-refractivity contribution is 7.90. The molecule has 8 heteroatoms. The van der Waals surface area contributed by atoms with Crippen molar-refractivity contribution in [2.75, 3.05) is 25.0 Å². The minimum absolute atomic E-state index is 0.126. The van der Waals surface area contributed by atoms with E-state index in [4.69, 9.17) is 4.74 Å². The van der Waals surface area contributed by atoms with Gasteiger partial charge in [0.05, 0.1) is 23.5 Å². The molecule has 1 aromatic rings. The lowest BCUT2D eigenvalue weighted by Gasteiger charge is -2.39. The smallest absolute Gasteiger partial charge is 0.222 e. The number of aromatic nitrogens is 2. The number of anilines is 1. The lowest BCUT2D eigenvalue weighted by Crippen LogP contribution is -2.51. The second-order valence-electron chi connectivity index (χ2n) is 6.79. The number of hydrogen-bond acceptors (Lipinski definition) is 6. The first-order chi connectivity index (χ1) is 11.1. The summed E-state index contributed by atoms with van der Waals surface area (Å²) in [6.07, 6.45) is 7.58. The van der Waals surface area contributed by atoms with E-state index in [1.807, 2.05) is 0 Å². The van der Waals surface area contributed by atoms with E-state index in [9.17, 15) is 8.42 Å². The molecule has 1 spiro atoms. The van der Waals surface area contributed by atoms with Crippen LogP contribution in [0, 0.1) is 0 Å². The van der Waals surface area contributed by atoms with Gasteiger partial charge in [0.1, 0.15) is 0 Å². The summed E-state index contributed by atoms with van der Waals surface area (Å²) in [5, 5.41) is 3.14. The number of rotatable bonds is 4. The van der Waals surface area contributed by atoms with Crippen molar-refractivity contribution in [2.45, 2.75) is 49.0 Å². The van der Waals surface area contributed by atoms with Crippen LogP contribution in [0.15, 0.2) is 18.5 Å². The number of hydrogen-bond donors (Lipinski definition) is 1. The summed E-state index contributed by atoms with van der Waals surface area (Å²) >= 11 is 0. The molecular weight excluding hydrogens is 316 g/mol. The van der Waals surface area contributed by atoms with E-state index in [2.05, 4.69) is 15.3 Å². The van der Waals surface area contributed by atoms with Gasteiger partial charge in [0.15, 0.2) is 0 Å². The number of nitrogens with zero attached hydrogens (tertiary/aromatic N) is 3. The summed E-state index contributed by atoms with van der Waals surface area (Å²) in [7, 11) is -3.12. The molecule has 4 rings (SSSR count). The predicted molar refractivity (Wildman–Crippen MR) is 85.5 cm³/mol. The second kappa shape index (κ2) is 5.68. The fourth-order valence-electron chi connectivity index (χ4n) is 3.63. The van der Waals surface area contributed by atoms with E-state index in [1.54, 1.807) is 22.8 Å². The highest BCUT2D eigenvalue weighted by atomic mass is 32.2. The van der Waals surface area contributed by atoms with Gasteiger partial charge in [-0.2, -0.15) is 4.31 Å². The maximum absolute atomic E-state index is 12.5. The lowest BCUT2D eigenvalue weighted by molar-refractivity contribution is -0.0329. The first-order valence-electron chi connectivity index (χ1n) is 8.24. The van der Waals surface area contributed by atoms with Crippen molar-refractivity contribution in [2.24, 2.45) is 0 Å². The summed E-state index contributed by atoms with van der Waals surface area (Å²) in [6, 6.07) is 1.90. The molecule has 2 saturated heterocycles. The first kappa shape index (κ1) is 15.3. The predicted octanol–water partition coefficient (Wildman–Crippen LogP) is 1.00. The fraction of sp³-hybridized carbons (Fsp3) is 0.733. The van der Waals surface area contributed by atoms with Gasteiger partial charge in [-0.3, -0.25) is 0 Å². The maximum atomic E-state index is 12.5. The minimum atomic E-state index is -3.12. The van der Waals surface area contributed by atoms with Gasteiger partial charge in [-0.25, -0.2) is 18.4 Å². The summed E-state index contributed by atoms with van der Waals surface area (Å²) in [5.41, 5.74) is -0.355. The van der Waals surface area contributed by atoms with Gasteiger partial charge in [0, 0.05) is 31.9 Å². The molecule has 3 aliphatic rings. The molecule has 0 amide bonds. The van der Waals surface area contributed by atoms with E-state index >= 15 is 0 Å². The quantitative estimate of drug-likeness (QED) is 0.882. The molecule has 1 aliphatic carbocycles. The van der Waals surface area contributed by atoms with E-state index in [0.717, 1.165) is 32.1 Å². The molecule has 2 aliphatic heterocycles. The van der Waals surface area contributed by atoms with Crippen molar-refractivity contribution < 1.29 is 13.2 Å². The summed E-state index contributed by atoms with van der Waals surface area (Å²) in [5.74, 6) is 0.594. The third-order valence-corrected chi connectivity index (χ3v) is 7.26. The Morgan fingerprint density at radius 2 is 2.09 bits per heavy atom. The van der Waals surface area contributed by atoms with Crippen LogP contribution in [0.3, 0.4) is 0 Å². The highest BCUT2D eigenvalue weighted by Crippen LogP contribution is 2.39. The SMILES string of the molecule is O=S(=O)(C1CC1)N1CCC[C@]2(C[C@@H](Nc3ncccn3)CO2)C1. The molecule has 23 heavy (non-hydrogen) atoms. The van der Waals surface area contributed by atoms with Gasteiger partial charge >= 0.3 is 0 Å². The van der Waals surface area contributed by atoms with Crippen molar-refractivity contribution in [1.82, 2.24) is 14.3 Å². The molecule has 7 nitrogen and oxygen atoms in total. The molecule has 0 bridgehead atoms. The topological polar surface area (TPSA) is 84.4 Å². The molecule has 126 valence electrons. The molecule has 3 fully saturated rings. The second-order valence-corrected chi connectivity index (χ2v) is 9.01. The van der Waals surface area contributed by atoms with Gasteiger partial charge in [0.2, 0.25) is 16.0 Å². The van der Waals surface area contributed by atoms with Crippen molar-refractivity contribution in [3.8, 4) is 0 Å². The van der Waals surface area contributed by atoms with Crippen LogP contribution < -0.4 is 5.32 Å². The molecule has 1 aromatic heterocycles. The minimum Gasteiger partial charge on any atom is -0.371 e. The first-order valence-corrected chi connectivity index (χ1v) is 9.74. The largest absolute Gasteiger partial charge is 0.371 e. The van der Waals surface area contributed by atoms with E-state index < -0.39 is 10.0 Å². The van der Waals surface area contributed by atoms with Crippen LogP contribution >= 0.6 is 0 Å². The number of ether oxygens (including phenoxy) is 1. The number of piperidine rings is 1. The molecular formula is C15H22N4O3S. The lowest BCUT2D eigenvalue weighted by atomic mass is 9.90. The van der Waals surface area contributed by atoms with Crippen LogP contribution in [0.2, 0.25) is 0 Å². The molecule has 1 N–H and O–H groups in total. The van der Waals surface area contributed by atoms with Crippen LogP contribution in [0.4, 0.5) is 5.95 Å². The zero-order chi connectivity index (χ0) is 15.9. The molecule has 3 heterocycles. The fourth-order valence-corrected chi connectivity index (χ4v) is 5.58. The van der Waals surface area contributed by atoms with Crippen LogP contribution in [0.5, 0.6) is 0 Å². The van der Waals surface area contributed by atoms with E-state index in [1.165, 1.54) is 0 Å². The van der Waals surface area contributed by atoms with Crippen LogP contribution in [0.25, 0.3) is 0 Å². The molecule has 0 aromatic carbocycles. The Kier molecular flexibility index (Phi) is 3.78. The van der Waals surface area contributed by atoms with Crippen molar-refractivity contribution >= 4 is 16.0 Å². The zero-order valence-corrected chi connectivity index (χ0v) is 13.8. The van der Waals surface area contributed by atoms with Gasteiger partial charge in [0.25, 0.3) is 0 Å². The van der Waals surface area contributed by atoms with Crippen LogP contribution in [-0.2, 0) is 14.8 Å². The number of nitrogens with one attached hydrogen (secondary N) is 1. The van der Waals surface area contributed by atoms with Crippen molar-refractivity contribution in [3.05, 3.63) is 18.5 Å². The third kappa shape index (κ3) is 3.07. The Bertz CT molecular complexity index is 665. The van der Waals surface area contributed by atoms with Gasteiger partial charge < -0.3 is 10.1 Å². The Morgan fingerprint density at radius 1 is 1.30 bits per heavy atom. The van der Waals surface area contributed by atoms with Gasteiger partial charge in [-0.1, -0.05) is 0 Å². The number of sulfonamides is 1. The average Bonchev–Trinajstić information content (AvgIpc) is 3.34. The monoisotopic (exact) mass is 338 g/mol. The maximum Gasteiger partial charge on any atom is 0.222 e. The Balaban J connectivity index is 1.43. The molecule has 0 radical (unpaired) electrons. The molecule has 0 unspecified atom stereocenters.